The molecule has 0 aromatic heterocycles. The molecule has 3 N–H and O–H groups in total. The zero-order valence-electron chi connectivity index (χ0n) is 13.9. The summed E-state index contributed by atoms with van der Waals surface area (Å²) >= 11 is 16.6. The number of hydrogen-bond donors (Lipinski definition) is 3. The van der Waals surface area contributed by atoms with Crippen LogP contribution in [0.4, 0.5) is 5.69 Å². The van der Waals surface area contributed by atoms with Crippen molar-refractivity contribution < 1.29 is 14.5 Å². The summed E-state index contributed by atoms with van der Waals surface area (Å²) in [5.74, 6) is -1.17. The van der Waals surface area contributed by atoms with E-state index in [9.17, 15) is 19.7 Å². The van der Waals surface area contributed by atoms with Crippen molar-refractivity contribution in [1.82, 2.24) is 16.2 Å². The third kappa shape index (κ3) is 6.31. The number of rotatable bonds is 4. The zero-order valence-corrected chi connectivity index (χ0v) is 16.3. The molecule has 11 heteroatoms. The van der Waals surface area contributed by atoms with Crippen molar-refractivity contribution in [2.45, 2.75) is 0 Å². The molecule has 0 unspecified atom stereocenters. The van der Waals surface area contributed by atoms with E-state index in [2.05, 4.69) is 16.2 Å². The highest BCUT2D eigenvalue weighted by atomic mass is 35.5. The number of nitrogens with zero attached hydrogens (tertiary/aromatic N) is 1. The number of halogens is 2. The zero-order chi connectivity index (χ0) is 20.7. The molecule has 8 nitrogen and oxygen atoms in total. The van der Waals surface area contributed by atoms with Gasteiger partial charge in [0.05, 0.1) is 15.5 Å². The van der Waals surface area contributed by atoms with Crippen LogP contribution in [0.5, 0.6) is 0 Å². The average molecular weight is 439 g/mol. The van der Waals surface area contributed by atoms with E-state index in [0.717, 1.165) is 6.08 Å². The molecule has 0 saturated heterocycles. The van der Waals surface area contributed by atoms with Crippen molar-refractivity contribution >= 4 is 64.1 Å². The van der Waals surface area contributed by atoms with Gasteiger partial charge in [-0.15, -0.1) is 0 Å². The van der Waals surface area contributed by atoms with Gasteiger partial charge in [-0.2, -0.15) is 0 Å². The minimum absolute atomic E-state index is 0.0941. The van der Waals surface area contributed by atoms with E-state index in [4.69, 9.17) is 35.4 Å². The second-order valence-electron chi connectivity index (χ2n) is 5.21. The minimum atomic E-state index is -0.595. The second kappa shape index (κ2) is 9.79. The first-order valence-corrected chi connectivity index (χ1v) is 8.71. The molecule has 2 amide bonds. The predicted octanol–water partition coefficient (Wildman–Crippen LogP) is 3.25. The molecule has 2 aromatic rings. The molecule has 0 spiro atoms. The third-order valence-electron chi connectivity index (χ3n) is 3.21. The number of carbonyl (C=O) groups is 2. The Balaban J connectivity index is 1.87. The van der Waals surface area contributed by atoms with Gasteiger partial charge in [-0.05, 0) is 42.1 Å². The lowest BCUT2D eigenvalue weighted by molar-refractivity contribution is -0.384. The number of hydrazine groups is 1. The highest BCUT2D eigenvalue weighted by molar-refractivity contribution is 7.80. The van der Waals surface area contributed by atoms with Crippen LogP contribution in [0.1, 0.15) is 15.9 Å². The van der Waals surface area contributed by atoms with Crippen LogP contribution in [0.25, 0.3) is 6.08 Å². The van der Waals surface area contributed by atoms with Gasteiger partial charge in [-0.3, -0.25) is 35.9 Å². The highest BCUT2D eigenvalue weighted by Gasteiger charge is 2.11. The minimum Gasteiger partial charge on any atom is -0.298 e. The summed E-state index contributed by atoms with van der Waals surface area (Å²) in [5, 5.41) is 13.4. The maximum Gasteiger partial charge on any atom is 0.271 e. The fourth-order valence-electron chi connectivity index (χ4n) is 1.95. The molecule has 0 aliphatic rings. The van der Waals surface area contributed by atoms with Gasteiger partial charge in [-0.1, -0.05) is 35.3 Å². The fraction of sp³-hybridized carbons (Fsp3) is 0. The van der Waals surface area contributed by atoms with E-state index in [1.165, 1.54) is 42.5 Å². The number of benzene rings is 2. The van der Waals surface area contributed by atoms with Crippen molar-refractivity contribution in [3.05, 3.63) is 79.8 Å². The van der Waals surface area contributed by atoms with Crippen LogP contribution in [0, 0.1) is 10.1 Å². The number of non-ortho nitro benzene ring substituents is 1. The van der Waals surface area contributed by atoms with Gasteiger partial charge in [0.25, 0.3) is 11.6 Å². The fourth-order valence-corrected chi connectivity index (χ4v) is 2.60. The van der Waals surface area contributed by atoms with Crippen LogP contribution >= 0.6 is 35.4 Å². The van der Waals surface area contributed by atoms with E-state index in [-0.39, 0.29) is 21.4 Å². The summed E-state index contributed by atoms with van der Waals surface area (Å²) in [5.41, 5.74) is 5.19. The largest absolute Gasteiger partial charge is 0.298 e. The first kappa shape index (κ1) is 21.3. The Morgan fingerprint density at radius 2 is 1.86 bits per heavy atom. The van der Waals surface area contributed by atoms with Gasteiger partial charge in [0.2, 0.25) is 5.91 Å². The molecule has 0 atom stereocenters. The Labute approximate surface area is 174 Å². The van der Waals surface area contributed by atoms with Crippen LogP contribution in [0.2, 0.25) is 10.0 Å². The van der Waals surface area contributed by atoms with Crippen LogP contribution in [0.3, 0.4) is 0 Å². The van der Waals surface area contributed by atoms with Crippen LogP contribution in [0.15, 0.2) is 48.5 Å². The molecule has 0 aliphatic carbocycles. The smallest absolute Gasteiger partial charge is 0.271 e. The van der Waals surface area contributed by atoms with E-state index >= 15 is 0 Å². The van der Waals surface area contributed by atoms with Gasteiger partial charge >= 0.3 is 0 Å². The average Bonchev–Trinajstić information content (AvgIpc) is 2.64. The highest BCUT2D eigenvalue weighted by Crippen LogP contribution is 2.20. The van der Waals surface area contributed by atoms with Crippen molar-refractivity contribution in [3.8, 4) is 0 Å². The maximum atomic E-state index is 12.0. The topological polar surface area (TPSA) is 113 Å². The van der Waals surface area contributed by atoms with E-state index in [1.54, 1.807) is 6.07 Å². The Kier molecular flexibility index (Phi) is 7.44. The number of carbonyl (C=O) groups excluding carboxylic acids is 2. The molecular formula is C17H12Cl2N4O4S. The summed E-state index contributed by atoms with van der Waals surface area (Å²) in [6.45, 7) is 0. The van der Waals surface area contributed by atoms with Crippen LogP contribution in [-0.4, -0.2) is 21.9 Å². The van der Waals surface area contributed by atoms with Gasteiger partial charge in [0.1, 0.15) is 0 Å². The number of thiocarbonyl (C=S) groups is 1. The van der Waals surface area contributed by atoms with Gasteiger partial charge in [-0.25, -0.2) is 0 Å². The number of hydrogen-bond acceptors (Lipinski definition) is 5. The maximum absolute atomic E-state index is 12.0. The predicted molar refractivity (Wildman–Crippen MR) is 110 cm³/mol. The van der Waals surface area contributed by atoms with Gasteiger partial charge in [0.15, 0.2) is 5.11 Å². The second-order valence-corrected chi connectivity index (χ2v) is 6.46. The van der Waals surface area contributed by atoms with Crippen LogP contribution in [-0.2, 0) is 4.79 Å². The molecule has 2 rings (SSSR count). The van der Waals surface area contributed by atoms with Crippen molar-refractivity contribution in [2.75, 3.05) is 0 Å². The molecule has 0 bridgehead atoms. The lowest BCUT2D eigenvalue weighted by Crippen LogP contribution is -2.48. The molecule has 2 aromatic carbocycles. The Morgan fingerprint density at radius 3 is 2.54 bits per heavy atom. The first-order valence-electron chi connectivity index (χ1n) is 7.55. The summed E-state index contributed by atoms with van der Waals surface area (Å²) < 4.78 is 0. The molecule has 0 heterocycles. The van der Waals surface area contributed by atoms with E-state index in [1.807, 2.05) is 0 Å². The number of nitro groups is 1. The monoisotopic (exact) mass is 438 g/mol. The standard InChI is InChI=1S/C17H12Cl2N4O4S/c18-11-5-6-13(14(19)9-11)16(25)21-22-17(28)20-15(24)7-4-10-2-1-3-12(8-10)23(26)27/h1-9H,(H,21,25)(H2,20,22,24,28)/b7-4+. The SMILES string of the molecule is O=C(/C=C/c1cccc([N+](=O)[O-])c1)NC(=S)NNC(=O)c1ccc(Cl)cc1Cl. The van der Waals surface area contributed by atoms with Crippen molar-refractivity contribution in [2.24, 2.45) is 0 Å². The first-order chi connectivity index (χ1) is 13.3. The molecule has 28 heavy (non-hydrogen) atoms. The molecule has 0 saturated carbocycles. The van der Waals surface area contributed by atoms with Crippen LogP contribution < -0.4 is 16.2 Å². The van der Waals surface area contributed by atoms with Gasteiger partial charge in [0, 0.05) is 23.2 Å². The lowest BCUT2D eigenvalue weighted by atomic mass is 10.2. The summed E-state index contributed by atoms with van der Waals surface area (Å²) in [6.07, 6.45) is 2.53. The molecular weight excluding hydrogens is 427 g/mol. The molecule has 144 valence electrons. The Morgan fingerprint density at radius 1 is 1.11 bits per heavy atom. The quantitative estimate of drug-likeness (QED) is 0.292. The van der Waals surface area contributed by atoms with E-state index in [0.29, 0.717) is 10.6 Å². The summed E-state index contributed by atoms with van der Waals surface area (Å²) in [7, 11) is 0. The van der Waals surface area contributed by atoms with E-state index < -0.39 is 16.7 Å². The van der Waals surface area contributed by atoms with Crippen molar-refractivity contribution in [3.63, 3.8) is 0 Å². The third-order valence-corrected chi connectivity index (χ3v) is 3.96. The summed E-state index contributed by atoms with van der Waals surface area (Å²) in [4.78, 5) is 34.1. The number of nitro benzene ring substituents is 1. The molecule has 0 fully saturated rings. The summed E-state index contributed by atoms with van der Waals surface area (Å²) in [6, 6.07) is 10.1. The molecule has 0 aliphatic heterocycles. The Bertz CT molecular complexity index is 981. The van der Waals surface area contributed by atoms with Crippen molar-refractivity contribution in [1.29, 1.82) is 0 Å². The lowest BCUT2D eigenvalue weighted by Gasteiger charge is -2.10. The normalized spacial score (nSPS) is 10.4. The van der Waals surface area contributed by atoms with Gasteiger partial charge < -0.3 is 0 Å². The number of nitrogens with one attached hydrogen (secondary N) is 3. The number of amides is 2. The Hall–Kier alpha value is -3.01. The molecule has 0 radical (unpaired) electrons.